The number of para-hydroxylation sites is 3. The molecule has 0 bridgehead atoms. The van der Waals surface area contributed by atoms with E-state index in [-0.39, 0.29) is 11.5 Å². The summed E-state index contributed by atoms with van der Waals surface area (Å²) < 4.78 is 42.5. The zero-order valence-electron chi connectivity index (χ0n) is 22.4. The molecule has 0 unspecified atom stereocenters. The second kappa shape index (κ2) is 10.3. The summed E-state index contributed by atoms with van der Waals surface area (Å²) in [5.74, 6) is 1.27. The van der Waals surface area contributed by atoms with Crippen molar-refractivity contribution in [3.05, 3.63) is 129 Å². The summed E-state index contributed by atoms with van der Waals surface area (Å²) in [6.45, 7) is 1.93. The van der Waals surface area contributed by atoms with Gasteiger partial charge in [0.05, 0.1) is 44.4 Å². The third-order valence-electron chi connectivity index (χ3n) is 7.35. The van der Waals surface area contributed by atoms with E-state index in [1.54, 1.807) is 16.8 Å². The Bertz CT molecular complexity index is 1950. The van der Waals surface area contributed by atoms with Gasteiger partial charge in [-0.05, 0) is 67.1 Å². The number of nitrogens with zero attached hydrogens (tertiary/aromatic N) is 5. The van der Waals surface area contributed by atoms with Crippen molar-refractivity contribution in [3.8, 4) is 5.69 Å². The van der Waals surface area contributed by atoms with Crippen LogP contribution in [-0.2, 0) is 6.18 Å². The van der Waals surface area contributed by atoms with Crippen molar-refractivity contribution in [2.24, 2.45) is 9.98 Å². The molecule has 2 aliphatic heterocycles. The molecule has 0 aliphatic carbocycles. The first-order chi connectivity index (χ1) is 20.7. The second-order valence-corrected chi connectivity index (χ2v) is 10.9. The maximum atomic E-state index is 13.6. The minimum Gasteiger partial charge on any atom is -0.337 e. The van der Waals surface area contributed by atoms with Gasteiger partial charge in [-0.15, -0.1) is 0 Å². The van der Waals surface area contributed by atoms with Gasteiger partial charge in [0.15, 0.2) is 17.5 Å². The highest BCUT2D eigenvalue weighted by Gasteiger charge is 2.41. The van der Waals surface area contributed by atoms with Crippen LogP contribution in [0.4, 0.5) is 36.1 Å². The predicted octanol–water partition coefficient (Wildman–Crippen LogP) is 9.30. The molecule has 5 aromatic rings. The molecule has 0 spiro atoms. The number of amidine groups is 2. The van der Waals surface area contributed by atoms with Crippen LogP contribution in [0.15, 0.2) is 107 Å². The van der Waals surface area contributed by atoms with Gasteiger partial charge in [-0.1, -0.05) is 65.7 Å². The van der Waals surface area contributed by atoms with Crippen LogP contribution in [0.2, 0.25) is 10.0 Å². The molecule has 6 nitrogen and oxygen atoms in total. The van der Waals surface area contributed by atoms with Gasteiger partial charge in [-0.3, -0.25) is 0 Å². The number of fused-ring (bicyclic) bond motifs is 4. The van der Waals surface area contributed by atoms with Crippen LogP contribution >= 0.6 is 23.2 Å². The van der Waals surface area contributed by atoms with Gasteiger partial charge in [-0.25, -0.2) is 14.7 Å². The Hall–Kier alpha value is -4.60. The molecule has 0 saturated carbocycles. The van der Waals surface area contributed by atoms with Gasteiger partial charge in [0.25, 0.3) is 0 Å². The molecule has 0 amide bonds. The van der Waals surface area contributed by atoms with Gasteiger partial charge < -0.3 is 10.2 Å². The number of nitrogens with one attached hydrogen (secondary N) is 1. The third-order valence-corrected chi connectivity index (χ3v) is 8.09. The second-order valence-electron chi connectivity index (χ2n) is 10.1. The molecule has 4 aromatic carbocycles. The molecular weight excluding hydrogens is 596 g/mol. The summed E-state index contributed by atoms with van der Waals surface area (Å²) in [6, 6.07) is 27.1. The van der Waals surface area contributed by atoms with Gasteiger partial charge in [0, 0.05) is 11.3 Å². The Kier molecular flexibility index (Phi) is 6.52. The van der Waals surface area contributed by atoms with Crippen molar-refractivity contribution < 1.29 is 13.2 Å². The van der Waals surface area contributed by atoms with Crippen molar-refractivity contribution >= 4 is 57.8 Å². The van der Waals surface area contributed by atoms with E-state index in [0.29, 0.717) is 27.4 Å². The average molecular weight is 617 g/mol. The van der Waals surface area contributed by atoms with E-state index in [1.165, 1.54) is 6.07 Å². The Labute approximate surface area is 254 Å². The fourth-order valence-corrected chi connectivity index (χ4v) is 5.76. The maximum absolute atomic E-state index is 13.6. The van der Waals surface area contributed by atoms with Crippen LogP contribution in [-0.4, -0.2) is 21.5 Å². The number of alkyl halides is 3. The van der Waals surface area contributed by atoms with Crippen molar-refractivity contribution in [2.45, 2.75) is 19.1 Å². The quantitative estimate of drug-likeness (QED) is 0.220. The molecule has 1 aromatic heterocycles. The number of benzene rings is 4. The fraction of sp³-hybridized carbons (Fsp3) is 0.0938. The summed E-state index contributed by atoms with van der Waals surface area (Å²) in [5.41, 5.74) is 4.07. The largest absolute Gasteiger partial charge is 0.416 e. The molecule has 1 atom stereocenters. The zero-order chi connectivity index (χ0) is 29.9. The summed E-state index contributed by atoms with van der Waals surface area (Å²) in [7, 11) is 0. The fourth-order valence-electron chi connectivity index (χ4n) is 5.45. The van der Waals surface area contributed by atoms with Crippen LogP contribution in [0.1, 0.15) is 28.4 Å². The SMILES string of the molecule is Cc1nn(-c2ccccc2)c2c1[C@H](c1ccc(Cl)c(Cl)c1)N1C(=N2)C(Nc2cccc(C(F)(F)F)c2)=Nc2ccccc21. The highest BCUT2D eigenvalue weighted by molar-refractivity contribution is 6.51. The monoisotopic (exact) mass is 616 g/mol. The first-order valence-electron chi connectivity index (χ1n) is 13.3. The van der Waals surface area contributed by atoms with Gasteiger partial charge in [0.2, 0.25) is 0 Å². The summed E-state index contributed by atoms with van der Waals surface area (Å²) in [6.07, 6.45) is -4.50. The van der Waals surface area contributed by atoms with Gasteiger partial charge >= 0.3 is 6.18 Å². The number of hydrogen-bond acceptors (Lipinski definition) is 5. The van der Waals surface area contributed by atoms with Crippen LogP contribution in [0.25, 0.3) is 5.69 Å². The number of halogens is 5. The van der Waals surface area contributed by atoms with Crippen LogP contribution in [0.3, 0.4) is 0 Å². The smallest absolute Gasteiger partial charge is 0.337 e. The molecule has 3 heterocycles. The lowest BCUT2D eigenvalue weighted by molar-refractivity contribution is -0.137. The van der Waals surface area contributed by atoms with E-state index in [1.807, 2.05) is 78.6 Å². The Morgan fingerprint density at radius 3 is 2.35 bits per heavy atom. The topological polar surface area (TPSA) is 57.8 Å². The van der Waals surface area contributed by atoms with Crippen molar-refractivity contribution in [3.63, 3.8) is 0 Å². The lowest BCUT2D eigenvalue weighted by atomic mass is 9.93. The molecular formula is C32H21Cl2F3N6. The highest BCUT2D eigenvalue weighted by Crippen LogP contribution is 2.49. The number of aromatic nitrogens is 2. The van der Waals surface area contributed by atoms with E-state index in [2.05, 4.69) is 5.32 Å². The molecule has 0 fully saturated rings. The number of hydrogen-bond donors (Lipinski definition) is 1. The van der Waals surface area contributed by atoms with Crippen molar-refractivity contribution in [1.29, 1.82) is 0 Å². The third kappa shape index (κ3) is 4.74. The minimum atomic E-state index is -4.50. The molecule has 214 valence electrons. The first-order valence-corrected chi connectivity index (χ1v) is 14.0. The number of aryl methyl sites for hydroxylation is 1. The maximum Gasteiger partial charge on any atom is 0.416 e. The standard InChI is InChI=1S/C32H21Cl2F3N6/c1-18-27-28(19-14-15-23(33)24(34)16-19)42-26-13-6-5-12-25(26)39-29(38-21-9-7-8-20(17-21)32(35,36)37)31(42)40-30(27)43(41-18)22-10-3-2-4-11-22/h2-17,28H,1H3,(H,38,39)/t28-/m0/s1. The van der Waals surface area contributed by atoms with Crippen molar-refractivity contribution in [2.75, 3.05) is 10.2 Å². The summed E-state index contributed by atoms with van der Waals surface area (Å²) in [5, 5.41) is 8.81. The van der Waals surface area contributed by atoms with Crippen LogP contribution in [0.5, 0.6) is 0 Å². The molecule has 11 heteroatoms. The van der Waals surface area contributed by atoms with E-state index in [9.17, 15) is 13.2 Å². The first kappa shape index (κ1) is 27.2. The lowest BCUT2D eigenvalue weighted by Crippen LogP contribution is -2.46. The molecule has 1 N–H and O–H groups in total. The highest BCUT2D eigenvalue weighted by atomic mass is 35.5. The Morgan fingerprint density at radius 2 is 1.58 bits per heavy atom. The lowest BCUT2D eigenvalue weighted by Gasteiger charge is -2.40. The summed E-state index contributed by atoms with van der Waals surface area (Å²) >= 11 is 12.9. The van der Waals surface area contributed by atoms with Gasteiger partial charge in [-0.2, -0.15) is 18.3 Å². The molecule has 0 radical (unpaired) electrons. The number of rotatable bonds is 3. The van der Waals surface area contributed by atoms with E-state index < -0.39 is 17.8 Å². The predicted molar refractivity (Wildman–Crippen MR) is 165 cm³/mol. The van der Waals surface area contributed by atoms with Crippen LogP contribution in [0, 0.1) is 6.92 Å². The Morgan fingerprint density at radius 1 is 0.814 bits per heavy atom. The Balaban J connectivity index is 1.48. The summed E-state index contributed by atoms with van der Waals surface area (Å²) in [4.78, 5) is 11.9. The van der Waals surface area contributed by atoms with Crippen LogP contribution < -0.4 is 10.2 Å². The number of anilines is 2. The normalized spacial score (nSPS) is 15.7. The molecule has 43 heavy (non-hydrogen) atoms. The average Bonchev–Trinajstić information content (AvgIpc) is 3.33. The van der Waals surface area contributed by atoms with E-state index in [0.717, 1.165) is 40.3 Å². The molecule has 0 saturated heterocycles. The minimum absolute atomic E-state index is 0.222. The van der Waals surface area contributed by atoms with Crippen molar-refractivity contribution in [1.82, 2.24) is 9.78 Å². The van der Waals surface area contributed by atoms with E-state index in [4.69, 9.17) is 38.3 Å². The van der Waals surface area contributed by atoms with E-state index >= 15 is 0 Å². The van der Waals surface area contributed by atoms with Gasteiger partial charge in [0.1, 0.15) is 0 Å². The number of aliphatic imine (C=N–C) groups is 2. The molecule has 7 rings (SSSR count). The molecule has 2 aliphatic rings. The zero-order valence-corrected chi connectivity index (χ0v) is 24.0.